The Balaban J connectivity index is 1.62. The fraction of sp³-hybridized carbons (Fsp3) is 0.588. The zero-order chi connectivity index (χ0) is 17.2. The molecule has 1 amide bonds. The van der Waals surface area contributed by atoms with Gasteiger partial charge in [-0.15, -0.1) is 0 Å². The maximum atomic E-state index is 12.1. The smallest absolute Gasteiger partial charge is 0.230 e. The van der Waals surface area contributed by atoms with E-state index in [2.05, 4.69) is 5.32 Å². The molecule has 2 fully saturated rings. The quantitative estimate of drug-likeness (QED) is 0.879. The van der Waals surface area contributed by atoms with Gasteiger partial charge in [0, 0.05) is 17.0 Å². The molecular formula is C17H22ClNO5. The van der Waals surface area contributed by atoms with E-state index in [4.69, 9.17) is 30.5 Å². The van der Waals surface area contributed by atoms with Gasteiger partial charge < -0.3 is 24.3 Å². The summed E-state index contributed by atoms with van der Waals surface area (Å²) in [5.74, 6) is 0.603. The van der Waals surface area contributed by atoms with Gasteiger partial charge in [0.25, 0.3) is 0 Å². The molecule has 2 aliphatic rings. The van der Waals surface area contributed by atoms with E-state index in [0.29, 0.717) is 49.2 Å². The van der Waals surface area contributed by atoms with Crippen molar-refractivity contribution < 1.29 is 23.7 Å². The highest BCUT2D eigenvalue weighted by atomic mass is 35.5. The zero-order valence-electron chi connectivity index (χ0n) is 13.8. The molecule has 0 unspecified atom stereocenters. The third kappa shape index (κ3) is 4.00. The van der Waals surface area contributed by atoms with Crippen LogP contribution in [0, 0.1) is 5.41 Å². The van der Waals surface area contributed by atoms with Crippen molar-refractivity contribution in [1.82, 2.24) is 5.32 Å². The highest BCUT2D eigenvalue weighted by molar-refractivity contribution is 6.31. The van der Waals surface area contributed by atoms with Crippen molar-refractivity contribution in [3.05, 3.63) is 28.8 Å². The van der Waals surface area contributed by atoms with Crippen LogP contribution in [0.1, 0.15) is 32.1 Å². The molecule has 1 atom stereocenters. The van der Waals surface area contributed by atoms with Gasteiger partial charge in [0.1, 0.15) is 5.75 Å². The van der Waals surface area contributed by atoms with Gasteiger partial charge in [-0.1, -0.05) is 11.6 Å². The molecule has 1 N–H and O–H groups in total. The second-order valence-electron chi connectivity index (χ2n) is 6.54. The number of hydrogen-bond donors (Lipinski definition) is 1. The van der Waals surface area contributed by atoms with E-state index in [1.165, 1.54) is 0 Å². The van der Waals surface area contributed by atoms with Crippen LogP contribution in [0.15, 0.2) is 18.2 Å². The van der Waals surface area contributed by atoms with Crippen molar-refractivity contribution in [2.45, 2.75) is 32.8 Å². The van der Waals surface area contributed by atoms with Crippen molar-refractivity contribution in [2.75, 3.05) is 26.4 Å². The summed E-state index contributed by atoms with van der Waals surface area (Å²) >= 11 is 6.26. The number of hydrogen-bond acceptors (Lipinski definition) is 5. The molecule has 0 spiro atoms. The average Bonchev–Trinajstić information content (AvgIpc) is 3.05. The summed E-state index contributed by atoms with van der Waals surface area (Å²) in [5.41, 5.74) is 0.143. The highest BCUT2D eigenvalue weighted by Crippen LogP contribution is 2.33. The number of rotatable bonds is 5. The van der Waals surface area contributed by atoms with Gasteiger partial charge in [-0.2, -0.15) is 0 Å². The minimum atomic E-state index is -0.567. The van der Waals surface area contributed by atoms with E-state index in [1.54, 1.807) is 18.2 Å². The van der Waals surface area contributed by atoms with Gasteiger partial charge >= 0.3 is 0 Å². The number of amides is 1. The molecule has 0 saturated carbocycles. The lowest BCUT2D eigenvalue weighted by Gasteiger charge is -2.34. The maximum absolute atomic E-state index is 12.1. The first-order valence-corrected chi connectivity index (χ1v) is 8.41. The largest absolute Gasteiger partial charge is 0.493 e. The minimum absolute atomic E-state index is 0.0586. The summed E-state index contributed by atoms with van der Waals surface area (Å²) in [6.07, 6.45) is -0.106. The number of carbonyl (C=O) groups is 1. The van der Waals surface area contributed by atoms with E-state index >= 15 is 0 Å². The fourth-order valence-corrected chi connectivity index (χ4v) is 2.76. The molecule has 1 aromatic carbocycles. The summed E-state index contributed by atoms with van der Waals surface area (Å²) in [6.45, 7) is 5.74. The first-order valence-electron chi connectivity index (χ1n) is 8.04. The van der Waals surface area contributed by atoms with Gasteiger partial charge in [0.15, 0.2) is 12.5 Å². The number of benzene rings is 1. The first-order chi connectivity index (χ1) is 11.5. The van der Waals surface area contributed by atoms with Gasteiger partial charge in [-0.05, 0) is 32.0 Å². The predicted octanol–water partition coefficient (Wildman–Crippen LogP) is 2.65. The number of nitrogens with one attached hydrogen (secondary N) is 1. The number of ether oxygens (including phenoxy) is 4. The Labute approximate surface area is 146 Å². The van der Waals surface area contributed by atoms with E-state index in [0.717, 1.165) is 0 Å². The van der Waals surface area contributed by atoms with E-state index < -0.39 is 11.6 Å². The lowest BCUT2D eigenvalue weighted by Crippen LogP contribution is -2.48. The normalized spacial score (nSPS) is 24.0. The summed E-state index contributed by atoms with van der Waals surface area (Å²) in [4.78, 5) is 12.1. The third-order valence-electron chi connectivity index (χ3n) is 4.05. The molecule has 2 aliphatic heterocycles. The second kappa shape index (κ2) is 7.27. The molecule has 7 heteroatoms. The Morgan fingerprint density at radius 1 is 1.29 bits per heavy atom. The van der Waals surface area contributed by atoms with Crippen LogP contribution in [0.5, 0.6) is 5.75 Å². The van der Waals surface area contributed by atoms with E-state index in [-0.39, 0.29) is 12.2 Å². The van der Waals surface area contributed by atoms with Crippen LogP contribution >= 0.6 is 11.6 Å². The van der Waals surface area contributed by atoms with Crippen LogP contribution in [0.3, 0.4) is 0 Å². The number of carbonyl (C=O) groups excluding carboxylic acids is 1. The zero-order valence-corrected chi connectivity index (χ0v) is 14.6. The molecule has 0 aromatic heterocycles. The van der Waals surface area contributed by atoms with Crippen molar-refractivity contribution in [3.8, 4) is 5.75 Å². The Kier molecular flexibility index (Phi) is 5.30. The lowest BCUT2D eigenvalue weighted by atomic mass is 9.92. The molecule has 0 bridgehead atoms. The van der Waals surface area contributed by atoms with Gasteiger partial charge in [-0.3, -0.25) is 4.79 Å². The van der Waals surface area contributed by atoms with Crippen molar-refractivity contribution in [2.24, 2.45) is 5.41 Å². The summed E-state index contributed by atoms with van der Waals surface area (Å²) in [5, 5.41) is 3.37. The average molecular weight is 356 g/mol. The second-order valence-corrected chi connectivity index (χ2v) is 6.95. The van der Waals surface area contributed by atoms with Crippen LogP contribution in [-0.2, 0) is 19.0 Å². The van der Waals surface area contributed by atoms with Crippen molar-refractivity contribution >= 4 is 17.5 Å². The summed E-state index contributed by atoms with van der Waals surface area (Å²) in [7, 11) is 0. The van der Waals surface area contributed by atoms with E-state index in [1.807, 2.05) is 13.8 Å². The van der Waals surface area contributed by atoms with Gasteiger partial charge in [0.2, 0.25) is 5.91 Å². The molecule has 24 heavy (non-hydrogen) atoms. The monoisotopic (exact) mass is 355 g/mol. The Morgan fingerprint density at radius 3 is 2.75 bits per heavy atom. The van der Waals surface area contributed by atoms with Crippen LogP contribution in [0.25, 0.3) is 0 Å². The summed E-state index contributed by atoms with van der Waals surface area (Å²) in [6, 6.07) is 5.32. The van der Waals surface area contributed by atoms with Crippen molar-refractivity contribution in [1.29, 1.82) is 0 Å². The first kappa shape index (κ1) is 17.5. The van der Waals surface area contributed by atoms with Gasteiger partial charge in [0.05, 0.1) is 31.8 Å². The molecule has 132 valence electrons. The standard InChI is InChI=1S/C17H22ClNO5/c1-17(2)10-24-15(19-16(17)20)12-9-11(3-4-13(12)18)21-6-5-14-22-7-8-23-14/h3-4,9,14-15H,5-8,10H2,1-2H3,(H,19,20)/t15-/m1/s1. The molecule has 2 saturated heterocycles. The minimum Gasteiger partial charge on any atom is -0.493 e. The lowest BCUT2D eigenvalue weighted by molar-refractivity contribution is -0.150. The SMILES string of the molecule is CC1(C)CO[C@H](c2cc(OCCC3OCCO3)ccc2Cl)NC1=O. The third-order valence-corrected chi connectivity index (χ3v) is 4.39. The topological polar surface area (TPSA) is 66.0 Å². The molecule has 3 rings (SSSR count). The molecule has 0 radical (unpaired) electrons. The molecule has 6 nitrogen and oxygen atoms in total. The van der Waals surface area contributed by atoms with Crippen LogP contribution in [0.4, 0.5) is 0 Å². The highest BCUT2D eigenvalue weighted by Gasteiger charge is 2.36. The summed E-state index contributed by atoms with van der Waals surface area (Å²) < 4.78 is 22.2. The Bertz CT molecular complexity index is 601. The molecule has 2 heterocycles. The Hall–Kier alpha value is -1.34. The molecular weight excluding hydrogens is 334 g/mol. The van der Waals surface area contributed by atoms with Crippen molar-refractivity contribution in [3.63, 3.8) is 0 Å². The van der Waals surface area contributed by atoms with Crippen LogP contribution < -0.4 is 10.1 Å². The number of halogens is 1. The Morgan fingerprint density at radius 2 is 2.04 bits per heavy atom. The van der Waals surface area contributed by atoms with Crippen LogP contribution in [0.2, 0.25) is 5.02 Å². The van der Waals surface area contributed by atoms with Gasteiger partial charge in [-0.25, -0.2) is 0 Å². The molecule has 1 aromatic rings. The predicted molar refractivity (Wildman–Crippen MR) is 87.9 cm³/mol. The molecule has 0 aliphatic carbocycles. The fourth-order valence-electron chi connectivity index (χ4n) is 2.54. The van der Waals surface area contributed by atoms with Crippen LogP contribution in [-0.4, -0.2) is 38.6 Å². The maximum Gasteiger partial charge on any atom is 0.230 e. The van der Waals surface area contributed by atoms with E-state index in [9.17, 15) is 4.79 Å².